The Balaban J connectivity index is 3.13. The van der Waals surface area contributed by atoms with Gasteiger partial charge in [0, 0.05) is 0 Å². The summed E-state index contributed by atoms with van der Waals surface area (Å²) < 4.78 is 1.56. The third-order valence-corrected chi connectivity index (χ3v) is 3.78. The van der Waals surface area contributed by atoms with E-state index in [4.69, 9.17) is 0 Å². The van der Waals surface area contributed by atoms with Crippen molar-refractivity contribution in [3.63, 3.8) is 0 Å². The van der Waals surface area contributed by atoms with Crippen LogP contribution in [0.25, 0.3) is 0 Å². The second-order valence-corrected chi connectivity index (χ2v) is 4.34. The molecule has 0 radical (unpaired) electrons. The van der Waals surface area contributed by atoms with Crippen LogP contribution in [0.2, 0.25) is 0 Å². The zero-order valence-electron chi connectivity index (χ0n) is 5.31. The molecule has 42 valence electrons. The summed E-state index contributed by atoms with van der Waals surface area (Å²) in [5.41, 5.74) is 1.45. The molecule has 0 fully saturated rings. The third-order valence-electron chi connectivity index (χ3n) is 1.43. The summed E-state index contributed by atoms with van der Waals surface area (Å²) in [5, 5.41) is 0. The van der Waals surface area contributed by atoms with Crippen molar-refractivity contribution >= 4 is 20.9 Å². The quantitative estimate of drug-likeness (QED) is 0.476. The molecule has 0 saturated heterocycles. The van der Waals surface area contributed by atoms with Crippen molar-refractivity contribution in [1.82, 2.24) is 0 Å². The fourth-order valence-corrected chi connectivity index (χ4v) is 1.42. The molecule has 0 spiro atoms. The van der Waals surface area contributed by atoms with E-state index in [1.807, 2.05) is 0 Å². The normalized spacial score (nSPS) is 9.62. The van der Waals surface area contributed by atoms with Gasteiger partial charge < -0.3 is 0 Å². The molecule has 1 aromatic rings. The van der Waals surface area contributed by atoms with Crippen LogP contribution in [0.15, 0.2) is 24.3 Å². The summed E-state index contributed by atoms with van der Waals surface area (Å²) in [4.78, 5) is 0. The average Bonchev–Trinajstić information content (AvgIpc) is 1.77. The average molecular weight is 167 g/mol. The van der Waals surface area contributed by atoms with Crippen LogP contribution in [-0.2, 0) is 0 Å². The second kappa shape index (κ2) is 2.36. The van der Waals surface area contributed by atoms with Crippen LogP contribution in [0.5, 0.6) is 0 Å². The van der Waals surface area contributed by atoms with E-state index >= 15 is 0 Å². The van der Waals surface area contributed by atoms with Crippen LogP contribution < -0.4 is 4.40 Å². The Morgan fingerprint density at radius 1 is 1.25 bits per heavy atom. The molecule has 0 saturated carbocycles. The van der Waals surface area contributed by atoms with Gasteiger partial charge in [0.2, 0.25) is 0 Å². The molecule has 0 amide bonds. The van der Waals surface area contributed by atoms with Crippen LogP contribution >= 0.6 is 0 Å². The van der Waals surface area contributed by atoms with E-state index in [2.05, 4.69) is 31.2 Å². The first-order valence-corrected chi connectivity index (χ1v) is 4.93. The van der Waals surface area contributed by atoms with Crippen LogP contribution in [0.3, 0.4) is 0 Å². The van der Waals surface area contributed by atoms with Gasteiger partial charge in [0.1, 0.15) is 0 Å². The molecule has 0 aliphatic rings. The van der Waals surface area contributed by atoms with Gasteiger partial charge >= 0.3 is 57.7 Å². The second-order valence-electron chi connectivity index (χ2n) is 2.08. The molecule has 0 bridgehead atoms. The Bertz CT molecular complexity index is 160. The number of benzene rings is 1. The zero-order chi connectivity index (χ0) is 5.98. The minimum absolute atomic E-state index is 0.846. The summed E-state index contributed by atoms with van der Waals surface area (Å²) >= 11 is 0.846. The number of hydrogen-bond donors (Lipinski definition) is 0. The maximum atomic E-state index is 2.20. The van der Waals surface area contributed by atoms with Gasteiger partial charge in [0.05, 0.1) is 0 Å². The molecular weight excluding hydrogens is 157 g/mol. The van der Waals surface area contributed by atoms with Crippen molar-refractivity contribution < 1.29 is 0 Å². The van der Waals surface area contributed by atoms with Gasteiger partial charge in [0.25, 0.3) is 0 Å². The molecule has 0 unspecified atom stereocenters. The Morgan fingerprint density at radius 2 is 1.88 bits per heavy atom. The van der Waals surface area contributed by atoms with Gasteiger partial charge in [0.15, 0.2) is 0 Å². The molecule has 8 heavy (non-hydrogen) atoms. The van der Waals surface area contributed by atoms with Gasteiger partial charge in [-0.25, -0.2) is 0 Å². The standard InChI is InChI=1S/C7H10Ge/c1-6-4-2-3-5-7(6)8/h2-5H,1,8H3. The Kier molecular flexibility index (Phi) is 1.74. The first-order chi connectivity index (χ1) is 3.80. The van der Waals surface area contributed by atoms with Crippen LogP contribution in [0.1, 0.15) is 5.56 Å². The first kappa shape index (κ1) is 5.89. The molecule has 1 rings (SSSR count). The van der Waals surface area contributed by atoms with Gasteiger partial charge in [-0.3, -0.25) is 0 Å². The van der Waals surface area contributed by atoms with E-state index < -0.39 is 0 Å². The van der Waals surface area contributed by atoms with E-state index in [1.165, 1.54) is 5.56 Å². The van der Waals surface area contributed by atoms with Gasteiger partial charge in [-0.05, 0) is 0 Å². The summed E-state index contributed by atoms with van der Waals surface area (Å²) in [5.74, 6) is 0. The Hall–Kier alpha value is -0.237. The molecule has 0 nitrogen and oxygen atoms in total. The van der Waals surface area contributed by atoms with Crippen molar-refractivity contribution in [2.24, 2.45) is 0 Å². The van der Waals surface area contributed by atoms with Crippen molar-refractivity contribution in [3.8, 4) is 0 Å². The van der Waals surface area contributed by atoms with E-state index in [0.29, 0.717) is 0 Å². The van der Waals surface area contributed by atoms with Crippen molar-refractivity contribution in [3.05, 3.63) is 29.8 Å². The topological polar surface area (TPSA) is 0 Å². The van der Waals surface area contributed by atoms with E-state index in [0.717, 1.165) is 16.5 Å². The molecule has 0 heterocycles. The van der Waals surface area contributed by atoms with Gasteiger partial charge in [-0.15, -0.1) is 0 Å². The van der Waals surface area contributed by atoms with E-state index in [1.54, 1.807) is 4.40 Å². The maximum absolute atomic E-state index is 2.20. The summed E-state index contributed by atoms with van der Waals surface area (Å²) in [6.07, 6.45) is 0. The third kappa shape index (κ3) is 1.13. The predicted octanol–water partition coefficient (Wildman–Crippen LogP) is -0.0143. The monoisotopic (exact) mass is 168 g/mol. The van der Waals surface area contributed by atoms with Crippen molar-refractivity contribution in [2.45, 2.75) is 6.92 Å². The fourth-order valence-electron chi connectivity index (χ4n) is 0.663. The summed E-state index contributed by atoms with van der Waals surface area (Å²) in [6.45, 7) is 2.17. The van der Waals surface area contributed by atoms with Crippen LogP contribution in [0.4, 0.5) is 0 Å². The summed E-state index contributed by atoms with van der Waals surface area (Å²) in [7, 11) is 0. The van der Waals surface area contributed by atoms with Crippen LogP contribution in [-0.4, -0.2) is 16.5 Å². The fraction of sp³-hybridized carbons (Fsp3) is 0.143. The number of aryl methyl sites for hydroxylation is 1. The molecule has 1 aromatic carbocycles. The number of hydrogen-bond acceptors (Lipinski definition) is 0. The SMILES string of the molecule is Cc1cccc[c]1[GeH3]. The molecule has 1 heteroatoms. The predicted molar refractivity (Wildman–Crippen MR) is 40.8 cm³/mol. The van der Waals surface area contributed by atoms with Gasteiger partial charge in [-0.1, -0.05) is 0 Å². The molecule has 0 N–H and O–H groups in total. The molecule has 0 aromatic heterocycles. The molecule has 0 atom stereocenters. The number of rotatable bonds is 0. The van der Waals surface area contributed by atoms with Crippen molar-refractivity contribution in [1.29, 1.82) is 0 Å². The molecular formula is C7H10Ge. The zero-order valence-corrected chi connectivity index (χ0v) is 9.51. The van der Waals surface area contributed by atoms with Crippen molar-refractivity contribution in [2.75, 3.05) is 0 Å². The summed E-state index contributed by atoms with van der Waals surface area (Å²) in [6, 6.07) is 8.56. The Morgan fingerprint density at radius 3 is 2.25 bits per heavy atom. The van der Waals surface area contributed by atoms with Gasteiger partial charge in [-0.2, -0.15) is 0 Å². The first-order valence-electron chi connectivity index (χ1n) is 2.83. The van der Waals surface area contributed by atoms with E-state index in [-0.39, 0.29) is 0 Å². The Labute approximate surface area is 58.1 Å². The molecule has 0 aliphatic heterocycles. The van der Waals surface area contributed by atoms with Crippen LogP contribution in [0, 0.1) is 6.92 Å². The van der Waals surface area contributed by atoms with E-state index in [9.17, 15) is 0 Å². The minimum atomic E-state index is 0.846. The molecule has 0 aliphatic carbocycles.